The summed E-state index contributed by atoms with van der Waals surface area (Å²) >= 11 is 1.27. The second-order valence-electron chi connectivity index (χ2n) is 7.11. The van der Waals surface area contributed by atoms with Crippen molar-refractivity contribution in [1.29, 1.82) is 0 Å². The summed E-state index contributed by atoms with van der Waals surface area (Å²) in [5, 5.41) is 5.56. The molecular weight excluding hydrogens is 410 g/mol. The van der Waals surface area contributed by atoms with Crippen LogP contribution in [0.25, 0.3) is 21.7 Å². The van der Waals surface area contributed by atoms with Gasteiger partial charge in [0.2, 0.25) is 5.91 Å². The van der Waals surface area contributed by atoms with Crippen molar-refractivity contribution >= 4 is 45.0 Å². The first kappa shape index (κ1) is 20.9. The summed E-state index contributed by atoms with van der Waals surface area (Å²) in [5.41, 5.74) is 1.14. The van der Waals surface area contributed by atoms with E-state index in [1.54, 1.807) is 30.7 Å². The fraction of sp³-hybridized carbons (Fsp3) is 0.208. The van der Waals surface area contributed by atoms with Crippen molar-refractivity contribution in [3.05, 3.63) is 71.0 Å². The highest BCUT2D eigenvalue weighted by molar-refractivity contribution is 8.00. The summed E-state index contributed by atoms with van der Waals surface area (Å²) in [4.78, 5) is 30.7. The number of thioether (sulfide) groups is 1. The van der Waals surface area contributed by atoms with Crippen molar-refractivity contribution < 1.29 is 9.53 Å². The maximum Gasteiger partial charge on any atom is 0.262 e. The van der Waals surface area contributed by atoms with Crippen LogP contribution in [0, 0.1) is 0 Å². The van der Waals surface area contributed by atoms with E-state index in [1.165, 1.54) is 11.8 Å². The predicted octanol–water partition coefficient (Wildman–Crippen LogP) is 4.70. The molecule has 1 unspecified atom stereocenters. The number of fused-ring (bicyclic) bond motifs is 2. The molecule has 0 fully saturated rings. The second-order valence-corrected chi connectivity index (χ2v) is 8.42. The fourth-order valence-electron chi connectivity index (χ4n) is 3.45. The van der Waals surface area contributed by atoms with Gasteiger partial charge in [-0.05, 0) is 48.9 Å². The van der Waals surface area contributed by atoms with Gasteiger partial charge in [-0.3, -0.25) is 14.2 Å². The van der Waals surface area contributed by atoms with Gasteiger partial charge in [-0.25, -0.2) is 4.98 Å². The molecule has 0 aliphatic heterocycles. The Morgan fingerprint density at radius 3 is 2.52 bits per heavy atom. The molecule has 3 aromatic carbocycles. The minimum absolute atomic E-state index is 0.0990. The topological polar surface area (TPSA) is 73.2 Å². The van der Waals surface area contributed by atoms with Gasteiger partial charge in [-0.15, -0.1) is 0 Å². The van der Waals surface area contributed by atoms with E-state index in [1.807, 2.05) is 55.5 Å². The average Bonchev–Trinajstić information content (AvgIpc) is 2.78. The summed E-state index contributed by atoms with van der Waals surface area (Å²) in [6, 6.07) is 19.0. The van der Waals surface area contributed by atoms with Gasteiger partial charge in [0.25, 0.3) is 5.56 Å². The molecule has 4 aromatic rings. The van der Waals surface area contributed by atoms with E-state index in [-0.39, 0.29) is 11.5 Å². The van der Waals surface area contributed by atoms with E-state index in [2.05, 4.69) is 5.32 Å². The maximum atomic E-state index is 13.1. The van der Waals surface area contributed by atoms with Crippen LogP contribution in [-0.4, -0.2) is 27.8 Å². The van der Waals surface area contributed by atoms with E-state index < -0.39 is 5.25 Å². The van der Waals surface area contributed by atoms with Crippen LogP contribution in [0.4, 0.5) is 5.69 Å². The number of hydrogen-bond acceptors (Lipinski definition) is 5. The number of rotatable bonds is 6. The van der Waals surface area contributed by atoms with Crippen LogP contribution < -0.4 is 15.6 Å². The van der Waals surface area contributed by atoms with Gasteiger partial charge in [0.1, 0.15) is 5.75 Å². The summed E-state index contributed by atoms with van der Waals surface area (Å²) < 4.78 is 6.92. The number of benzene rings is 3. The number of nitrogens with one attached hydrogen (secondary N) is 1. The van der Waals surface area contributed by atoms with Gasteiger partial charge >= 0.3 is 0 Å². The lowest BCUT2D eigenvalue weighted by Crippen LogP contribution is -2.26. The number of ether oxygens (including phenoxy) is 1. The summed E-state index contributed by atoms with van der Waals surface area (Å²) in [6.45, 7) is 4.17. The fourth-order valence-corrected chi connectivity index (χ4v) is 4.42. The molecule has 1 N–H and O–H groups in total. The Hall–Kier alpha value is -3.32. The number of methoxy groups -OCH3 is 1. The number of hydrogen-bond donors (Lipinski definition) is 1. The highest BCUT2D eigenvalue weighted by atomic mass is 32.2. The molecule has 31 heavy (non-hydrogen) atoms. The van der Waals surface area contributed by atoms with Crippen LogP contribution in [0.15, 0.2) is 70.6 Å². The number of carbonyl (C=O) groups is 1. The standard InChI is InChI=1S/C24H23N3O3S/c1-4-27-23(29)18-13-16-9-5-6-10-17(16)14-20(18)26-24(27)31-15(2)22(28)25-19-11-7-8-12-21(19)30-3/h5-15H,4H2,1-3H3,(H,25,28). The zero-order valence-electron chi connectivity index (χ0n) is 17.6. The Labute approximate surface area is 184 Å². The predicted molar refractivity (Wildman–Crippen MR) is 126 cm³/mol. The van der Waals surface area contributed by atoms with Crippen LogP contribution in [-0.2, 0) is 11.3 Å². The summed E-state index contributed by atoms with van der Waals surface area (Å²) in [7, 11) is 1.56. The minimum Gasteiger partial charge on any atom is -0.495 e. The van der Waals surface area contributed by atoms with Crippen LogP contribution in [0.5, 0.6) is 5.75 Å². The molecular formula is C24H23N3O3S. The number of anilines is 1. The molecule has 0 aliphatic rings. The van der Waals surface area contributed by atoms with Gasteiger partial charge in [-0.1, -0.05) is 48.2 Å². The number of carbonyl (C=O) groups excluding carboxylic acids is 1. The normalized spacial score (nSPS) is 12.1. The molecule has 0 aliphatic carbocycles. The minimum atomic E-state index is -0.465. The third-order valence-corrected chi connectivity index (χ3v) is 6.21. The second kappa shape index (κ2) is 8.81. The molecule has 0 radical (unpaired) electrons. The van der Waals surface area contributed by atoms with Gasteiger partial charge < -0.3 is 10.1 Å². The monoisotopic (exact) mass is 433 g/mol. The number of para-hydroxylation sites is 2. The summed E-state index contributed by atoms with van der Waals surface area (Å²) in [5.74, 6) is 0.402. The lowest BCUT2D eigenvalue weighted by molar-refractivity contribution is -0.115. The molecule has 0 saturated heterocycles. The molecule has 6 nitrogen and oxygen atoms in total. The molecule has 0 saturated carbocycles. The van der Waals surface area contributed by atoms with Crippen molar-refractivity contribution in [1.82, 2.24) is 9.55 Å². The van der Waals surface area contributed by atoms with Crippen molar-refractivity contribution in [2.45, 2.75) is 30.8 Å². The first-order valence-corrected chi connectivity index (χ1v) is 10.9. The van der Waals surface area contributed by atoms with Crippen LogP contribution in [0.3, 0.4) is 0 Å². The van der Waals surface area contributed by atoms with Crippen molar-refractivity contribution in [3.8, 4) is 5.75 Å². The van der Waals surface area contributed by atoms with E-state index in [0.717, 1.165) is 10.8 Å². The van der Waals surface area contributed by atoms with E-state index in [9.17, 15) is 9.59 Å². The van der Waals surface area contributed by atoms with Gasteiger partial charge in [0, 0.05) is 6.54 Å². The maximum absolute atomic E-state index is 13.1. The zero-order valence-corrected chi connectivity index (χ0v) is 18.4. The molecule has 7 heteroatoms. The third kappa shape index (κ3) is 4.14. The largest absolute Gasteiger partial charge is 0.495 e. The van der Waals surface area contributed by atoms with Gasteiger partial charge in [0.15, 0.2) is 5.16 Å². The van der Waals surface area contributed by atoms with Gasteiger partial charge in [0.05, 0.1) is 29.0 Å². The number of nitrogens with zero attached hydrogens (tertiary/aromatic N) is 2. The molecule has 0 spiro atoms. The number of aromatic nitrogens is 2. The van der Waals surface area contributed by atoms with E-state index in [4.69, 9.17) is 9.72 Å². The Balaban J connectivity index is 1.67. The molecule has 4 rings (SSSR count). The smallest absolute Gasteiger partial charge is 0.262 e. The molecule has 0 bridgehead atoms. The van der Waals surface area contributed by atoms with E-state index in [0.29, 0.717) is 34.0 Å². The highest BCUT2D eigenvalue weighted by Crippen LogP contribution is 2.28. The quantitative estimate of drug-likeness (QED) is 0.271. The molecule has 1 heterocycles. The Morgan fingerprint density at radius 1 is 1.13 bits per heavy atom. The Kier molecular flexibility index (Phi) is 5.95. The first-order valence-electron chi connectivity index (χ1n) is 10.1. The molecule has 1 amide bonds. The van der Waals surface area contributed by atoms with E-state index >= 15 is 0 Å². The first-order chi connectivity index (χ1) is 15.0. The van der Waals surface area contributed by atoms with Crippen molar-refractivity contribution in [2.75, 3.05) is 12.4 Å². The Bertz CT molecular complexity index is 1330. The molecule has 1 atom stereocenters. The molecule has 158 valence electrons. The van der Waals surface area contributed by atoms with Crippen LogP contribution in [0.1, 0.15) is 13.8 Å². The lowest BCUT2D eigenvalue weighted by atomic mass is 10.1. The zero-order chi connectivity index (χ0) is 22.0. The van der Waals surface area contributed by atoms with Crippen molar-refractivity contribution in [2.24, 2.45) is 0 Å². The Morgan fingerprint density at radius 2 is 1.81 bits per heavy atom. The van der Waals surface area contributed by atoms with Crippen LogP contribution >= 0.6 is 11.8 Å². The van der Waals surface area contributed by atoms with Gasteiger partial charge in [-0.2, -0.15) is 0 Å². The van der Waals surface area contributed by atoms with Crippen LogP contribution in [0.2, 0.25) is 0 Å². The SMILES string of the molecule is CCn1c(SC(C)C(=O)Nc2ccccc2OC)nc2cc3ccccc3cc2c1=O. The summed E-state index contributed by atoms with van der Waals surface area (Å²) in [6.07, 6.45) is 0. The molecule has 1 aromatic heterocycles. The number of amides is 1. The third-order valence-electron chi connectivity index (χ3n) is 5.12. The lowest BCUT2D eigenvalue weighted by Gasteiger charge is -2.16. The highest BCUT2D eigenvalue weighted by Gasteiger charge is 2.20. The average molecular weight is 434 g/mol. The van der Waals surface area contributed by atoms with Crippen molar-refractivity contribution in [3.63, 3.8) is 0 Å².